The van der Waals surface area contributed by atoms with Gasteiger partial charge in [0.1, 0.15) is 5.15 Å². The lowest BCUT2D eigenvalue weighted by Gasteiger charge is -2.32. The number of amides is 1. The molecule has 0 spiro atoms. The Bertz CT molecular complexity index is 761. The van der Waals surface area contributed by atoms with Gasteiger partial charge >= 0.3 is 0 Å². The van der Waals surface area contributed by atoms with E-state index in [0.717, 1.165) is 31.7 Å². The Balaban J connectivity index is 1.73. The molecular weight excluding hydrogens is 348 g/mol. The smallest absolute Gasteiger partial charge is 0.259 e. The summed E-state index contributed by atoms with van der Waals surface area (Å²) in [5, 5.41) is 4.96. The minimum atomic E-state index is 0.0122. The molecule has 5 nitrogen and oxygen atoms in total. The van der Waals surface area contributed by atoms with Crippen LogP contribution in [0.15, 0.2) is 24.3 Å². The summed E-state index contributed by atoms with van der Waals surface area (Å²) in [4.78, 5) is 16.5. The lowest BCUT2D eigenvalue weighted by Crippen LogP contribution is -3.14. The van der Waals surface area contributed by atoms with E-state index in [1.54, 1.807) is 9.58 Å². The Morgan fingerprint density at radius 3 is 2.46 bits per heavy atom. The van der Waals surface area contributed by atoms with Gasteiger partial charge in [-0.1, -0.05) is 48.4 Å². The topological polar surface area (TPSA) is 42.6 Å². The molecule has 26 heavy (non-hydrogen) atoms. The van der Waals surface area contributed by atoms with Crippen LogP contribution in [0, 0.1) is 13.8 Å². The average Bonchev–Trinajstić information content (AvgIpc) is 2.91. The Morgan fingerprint density at radius 1 is 1.19 bits per heavy atom. The van der Waals surface area contributed by atoms with Gasteiger partial charge in [-0.2, -0.15) is 5.10 Å². The van der Waals surface area contributed by atoms with E-state index in [2.05, 4.69) is 43.2 Å². The summed E-state index contributed by atoms with van der Waals surface area (Å²) in [5.41, 5.74) is 3.60. The number of halogens is 1. The van der Waals surface area contributed by atoms with Crippen LogP contribution in [0.3, 0.4) is 0 Å². The molecule has 0 bridgehead atoms. The highest BCUT2D eigenvalue weighted by atomic mass is 35.5. The number of rotatable bonds is 5. The van der Waals surface area contributed by atoms with E-state index in [0.29, 0.717) is 23.0 Å². The average molecular weight is 376 g/mol. The quantitative estimate of drug-likeness (QED) is 0.868. The molecule has 3 rings (SSSR count). The van der Waals surface area contributed by atoms with Gasteiger partial charge in [0.25, 0.3) is 5.91 Å². The van der Waals surface area contributed by atoms with Gasteiger partial charge in [0.05, 0.1) is 50.5 Å². The molecule has 1 aromatic heterocycles. The molecule has 1 N–H and O–H groups in total. The zero-order valence-corrected chi connectivity index (χ0v) is 16.6. The third kappa shape index (κ3) is 4.10. The molecule has 1 aromatic carbocycles. The van der Waals surface area contributed by atoms with Crippen LogP contribution in [-0.4, -0.2) is 53.3 Å². The summed E-state index contributed by atoms with van der Waals surface area (Å²) in [6.45, 7) is 11.5. The van der Waals surface area contributed by atoms with Crippen LogP contribution < -0.4 is 4.90 Å². The predicted molar refractivity (Wildman–Crippen MR) is 104 cm³/mol. The monoisotopic (exact) mass is 375 g/mol. The van der Waals surface area contributed by atoms with Crippen molar-refractivity contribution in [2.45, 2.75) is 33.7 Å². The van der Waals surface area contributed by atoms with E-state index in [9.17, 15) is 4.79 Å². The molecule has 1 aliphatic heterocycles. The maximum absolute atomic E-state index is 13.0. The van der Waals surface area contributed by atoms with Crippen molar-refractivity contribution in [2.75, 3.05) is 32.7 Å². The Morgan fingerprint density at radius 2 is 1.85 bits per heavy atom. The fraction of sp³-hybridized carbons (Fsp3) is 0.500. The van der Waals surface area contributed by atoms with Gasteiger partial charge in [-0.05, 0) is 25.8 Å². The van der Waals surface area contributed by atoms with E-state index in [1.807, 2.05) is 11.8 Å². The van der Waals surface area contributed by atoms with Gasteiger partial charge in [0.2, 0.25) is 0 Å². The lowest BCUT2D eigenvalue weighted by molar-refractivity contribution is -0.904. The molecule has 0 unspecified atom stereocenters. The maximum atomic E-state index is 13.0. The minimum Gasteiger partial charge on any atom is -0.332 e. The first-order chi connectivity index (χ1) is 12.5. The first-order valence-electron chi connectivity index (χ1n) is 9.41. The first kappa shape index (κ1) is 18.9. The summed E-state index contributed by atoms with van der Waals surface area (Å²) in [6, 6.07) is 8.29. The molecule has 6 heteroatoms. The normalized spacial score (nSPS) is 15.5. The van der Waals surface area contributed by atoms with Crippen molar-refractivity contribution in [1.82, 2.24) is 14.7 Å². The van der Waals surface area contributed by atoms with Crippen LogP contribution >= 0.6 is 11.6 Å². The molecule has 0 atom stereocenters. The Labute approximate surface area is 160 Å². The molecule has 2 aromatic rings. The van der Waals surface area contributed by atoms with Crippen LogP contribution in [-0.2, 0) is 6.54 Å². The minimum absolute atomic E-state index is 0.0122. The number of piperazine rings is 1. The van der Waals surface area contributed by atoms with E-state index in [-0.39, 0.29) is 5.91 Å². The summed E-state index contributed by atoms with van der Waals surface area (Å²) in [6.07, 6.45) is 1.18. The molecule has 140 valence electrons. The first-order valence-corrected chi connectivity index (χ1v) is 9.78. The number of carbonyl (C=O) groups is 1. The number of quaternary nitrogens is 1. The molecule has 1 fully saturated rings. The fourth-order valence-corrected chi connectivity index (χ4v) is 3.87. The van der Waals surface area contributed by atoms with Crippen molar-refractivity contribution >= 4 is 17.5 Å². The Kier molecular flexibility index (Phi) is 5.99. The van der Waals surface area contributed by atoms with Crippen molar-refractivity contribution < 1.29 is 9.69 Å². The molecule has 0 saturated carbocycles. The number of hydrogen-bond acceptors (Lipinski definition) is 2. The second-order valence-corrected chi connectivity index (χ2v) is 7.54. The molecule has 2 heterocycles. The van der Waals surface area contributed by atoms with E-state index in [1.165, 1.54) is 18.5 Å². The number of carbonyl (C=O) groups excluding carboxylic acids is 1. The third-order valence-electron chi connectivity index (χ3n) is 5.09. The van der Waals surface area contributed by atoms with Crippen LogP contribution in [0.2, 0.25) is 5.15 Å². The van der Waals surface area contributed by atoms with Crippen molar-refractivity contribution in [1.29, 1.82) is 0 Å². The highest BCUT2D eigenvalue weighted by molar-refractivity contribution is 6.33. The summed E-state index contributed by atoms with van der Waals surface area (Å²) in [7, 11) is 0. The van der Waals surface area contributed by atoms with Gasteiger partial charge in [-0.15, -0.1) is 0 Å². The predicted octanol–water partition coefficient (Wildman–Crippen LogP) is 1.95. The molecule has 1 aliphatic rings. The maximum Gasteiger partial charge on any atom is 0.259 e. The van der Waals surface area contributed by atoms with Crippen LogP contribution in [0.25, 0.3) is 0 Å². The molecular formula is C20H28ClN4O+. The van der Waals surface area contributed by atoms with Gasteiger partial charge in [0.15, 0.2) is 0 Å². The number of nitrogens with zero attached hydrogens (tertiary/aromatic N) is 3. The zero-order chi connectivity index (χ0) is 18.7. The molecule has 1 saturated heterocycles. The molecule has 0 radical (unpaired) electrons. The van der Waals surface area contributed by atoms with E-state index < -0.39 is 0 Å². The van der Waals surface area contributed by atoms with E-state index >= 15 is 0 Å². The number of hydrogen-bond donors (Lipinski definition) is 1. The highest BCUT2D eigenvalue weighted by Crippen LogP contribution is 2.23. The number of nitrogens with one attached hydrogen (secondary N) is 1. The molecule has 1 amide bonds. The summed E-state index contributed by atoms with van der Waals surface area (Å²) < 4.78 is 1.73. The van der Waals surface area contributed by atoms with Crippen molar-refractivity contribution in [3.63, 3.8) is 0 Å². The second kappa shape index (κ2) is 8.23. The third-order valence-corrected chi connectivity index (χ3v) is 5.48. The standard InChI is InChI=1S/C20H27ClN4O/c1-4-9-23-10-12-24(13-11-23)20(26)18-16(3)22-25(19(18)21)14-17-7-5-15(2)6-8-17/h5-8H,4,9-14H2,1-3H3/p+1. The van der Waals surface area contributed by atoms with Crippen LogP contribution in [0.4, 0.5) is 0 Å². The van der Waals surface area contributed by atoms with Crippen LogP contribution in [0.1, 0.15) is 40.5 Å². The van der Waals surface area contributed by atoms with Crippen molar-refractivity contribution in [3.05, 3.63) is 51.8 Å². The van der Waals surface area contributed by atoms with Crippen molar-refractivity contribution in [3.8, 4) is 0 Å². The number of benzene rings is 1. The summed E-state index contributed by atoms with van der Waals surface area (Å²) >= 11 is 6.55. The second-order valence-electron chi connectivity index (χ2n) is 7.19. The van der Waals surface area contributed by atoms with Gasteiger partial charge in [0, 0.05) is 0 Å². The van der Waals surface area contributed by atoms with Crippen molar-refractivity contribution in [2.24, 2.45) is 0 Å². The fourth-order valence-electron chi connectivity index (χ4n) is 3.56. The van der Waals surface area contributed by atoms with Gasteiger partial charge in [-0.3, -0.25) is 4.79 Å². The van der Waals surface area contributed by atoms with Gasteiger partial charge < -0.3 is 9.80 Å². The molecule has 0 aliphatic carbocycles. The number of aryl methyl sites for hydroxylation is 2. The SMILES string of the molecule is CCC[NH+]1CCN(C(=O)c2c(C)nn(Cc3ccc(C)cc3)c2Cl)CC1. The zero-order valence-electron chi connectivity index (χ0n) is 15.9. The van der Waals surface area contributed by atoms with E-state index in [4.69, 9.17) is 11.6 Å². The van der Waals surface area contributed by atoms with Crippen LogP contribution in [0.5, 0.6) is 0 Å². The largest absolute Gasteiger partial charge is 0.332 e. The highest BCUT2D eigenvalue weighted by Gasteiger charge is 2.29. The number of aromatic nitrogens is 2. The summed E-state index contributed by atoms with van der Waals surface area (Å²) in [5.74, 6) is 0.0122. The Hall–Kier alpha value is -1.85. The lowest BCUT2D eigenvalue weighted by atomic mass is 10.1. The van der Waals surface area contributed by atoms with Gasteiger partial charge in [-0.25, -0.2) is 4.68 Å².